The molecule has 120 valence electrons. The van der Waals surface area contributed by atoms with E-state index in [9.17, 15) is 0 Å². The van der Waals surface area contributed by atoms with Crippen molar-refractivity contribution in [2.24, 2.45) is 5.41 Å². The molecule has 1 aliphatic rings. The molecule has 1 atom stereocenters. The third-order valence-corrected chi connectivity index (χ3v) is 6.52. The van der Waals surface area contributed by atoms with Crippen LogP contribution in [0, 0.1) is 5.41 Å². The van der Waals surface area contributed by atoms with E-state index in [1.807, 2.05) is 0 Å². The van der Waals surface area contributed by atoms with Crippen molar-refractivity contribution in [1.82, 2.24) is 5.32 Å². The average molecular weight is 374 g/mol. The van der Waals surface area contributed by atoms with Gasteiger partial charge in [-0.05, 0) is 71.4 Å². The number of likely N-dealkylation sites (N-methyl/N-ethyl adjacent to an activating group) is 1. The number of thiophene rings is 1. The quantitative estimate of drug-likeness (QED) is 0.706. The summed E-state index contributed by atoms with van der Waals surface area (Å²) in [6, 6.07) is 0.277. The molecular formula is C17H28BrNOS. The zero-order valence-electron chi connectivity index (χ0n) is 13.7. The maximum atomic E-state index is 6.38. The normalized spacial score (nSPS) is 22.1. The molecule has 21 heavy (non-hydrogen) atoms. The van der Waals surface area contributed by atoms with Gasteiger partial charge in [-0.2, -0.15) is 11.3 Å². The molecule has 1 unspecified atom stereocenters. The fourth-order valence-corrected chi connectivity index (χ4v) is 4.99. The van der Waals surface area contributed by atoms with Crippen molar-refractivity contribution >= 4 is 27.3 Å². The smallest absolute Gasteiger partial charge is 0.0877 e. The highest BCUT2D eigenvalue weighted by atomic mass is 79.9. The molecule has 1 aromatic rings. The number of halogens is 1. The number of ether oxygens (including phenoxy) is 1. The van der Waals surface area contributed by atoms with Gasteiger partial charge in [0.05, 0.1) is 11.6 Å². The van der Waals surface area contributed by atoms with Gasteiger partial charge in [-0.25, -0.2) is 0 Å². The van der Waals surface area contributed by atoms with Crippen LogP contribution < -0.4 is 5.32 Å². The van der Waals surface area contributed by atoms with E-state index in [0.29, 0.717) is 5.41 Å². The van der Waals surface area contributed by atoms with E-state index >= 15 is 0 Å². The molecular weight excluding hydrogens is 346 g/mol. The Bertz CT molecular complexity index is 447. The van der Waals surface area contributed by atoms with Gasteiger partial charge in [-0.3, -0.25) is 0 Å². The van der Waals surface area contributed by atoms with Crippen LogP contribution in [-0.2, 0) is 4.74 Å². The Morgan fingerprint density at radius 3 is 2.38 bits per heavy atom. The highest BCUT2D eigenvalue weighted by Gasteiger charge is 2.45. The van der Waals surface area contributed by atoms with Crippen LogP contribution in [0.4, 0.5) is 0 Å². The molecule has 1 aliphatic carbocycles. The molecule has 0 amide bonds. The van der Waals surface area contributed by atoms with Crippen LogP contribution in [0.1, 0.15) is 65.0 Å². The summed E-state index contributed by atoms with van der Waals surface area (Å²) in [5.74, 6) is 0. The van der Waals surface area contributed by atoms with Crippen molar-refractivity contribution in [1.29, 1.82) is 0 Å². The van der Waals surface area contributed by atoms with E-state index < -0.39 is 0 Å². The maximum absolute atomic E-state index is 6.38. The van der Waals surface area contributed by atoms with Crippen LogP contribution in [0.2, 0.25) is 0 Å². The molecule has 1 aromatic heterocycles. The van der Waals surface area contributed by atoms with Gasteiger partial charge >= 0.3 is 0 Å². The zero-order chi connectivity index (χ0) is 15.5. The van der Waals surface area contributed by atoms with Gasteiger partial charge in [0.15, 0.2) is 0 Å². The monoisotopic (exact) mass is 373 g/mol. The Balaban J connectivity index is 2.31. The van der Waals surface area contributed by atoms with Crippen molar-refractivity contribution < 1.29 is 4.74 Å². The van der Waals surface area contributed by atoms with Gasteiger partial charge in [0.2, 0.25) is 0 Å². The SMILES string of the molecule is CCNC(c1cscc1Br)C1(OCC)CCC(C)(C)CC1. The van der Waals surface area contributed by atoms with Crippen LogP contribution in [0.15, 0.2) is 15.2 Å². The molecule has 0 radical (unpaired) electrons. The molecule has 2 nitrogen and oxygen atoms in total. The topological polar surface area (TPSA) is 21.3 Å². The number of rotatable bonds is 6. The summed E-state index contributed by atoms with van der Waals surface area (Å²) >= 11 is 5.47. The Labute approximate surface area is 141 Å². The van der Waals surface area contributed by atoms with E-state index in [1.165, 1.54) is 22.9 Å². The highest BCUT2D eigenvalue weighted by Crippen LogP contribution is 2.49. The predicted molar refractivity (Wildman–Crippen MR) is 95.0 cm³/mol. The number of nitrogens with one attached hydrogen (secondary N) is 1. The van der Waals surface area contributed by atoms with Gasteiger partial charge in [0.1, 0.15) is 0 Å². The molecule has 4 heteroatoms. The first-order valence-electron chi connectivity index (χ1n) is 8.03. The largest absolute Gasteiger partial charge is 0.373 e. The lowest BCUT2D eigenvalue weighted by molar-refractivity contribution is -0.107. The molecule has 0 bridgehead atoms. The first-order valence-corrected chi connectivity index (χ1v) is 9.76. The number of hydrogen-bond acceptors (Lipinski definition) is 3. The van der Waals surface area contributed by atoms with Crippen LogP contribution in [0.3, 0.4) is 0 Å². The van der Waals surface area contributed by atoms with Gasteiger partial charge in [-0.15, -0.1) is 0 Å². The average Bonchev–Trinajstić information content (AvgIpc) is 2.85. The van der Waals surface area contributed by atoms with Gasteiger partial charge in [0.25, 0.3) is 0 Å². The molecule has 1 N–H and O–H groups in total. The van der Waals surface area contributed by atoms with E-state index in [4.69, 9.17) is 4.74 Å². The highest BCUT2D eigenvalue weighted by molar-refractivity contribution is 9.10. The van der Waals surface area contributed by atoms with Crippen molar-refractivity contribution in [3.8, 4) is 0 Å². The lowest BCUT2D eigenvalue weighted by Gasteiger charge is -2.48. The molecule has 2 rings (SSSR count). The summed E-state index contributed by atoms with van der Waals surface area (Å²) in [5.41, 5.74) is 1.74. The van der Waals surface area contributed by atoms with Gasteiger partial charge in [-0.1, -0.05) is 20.8 Å². The van der Waals surface area contributed by atoms with Crippen molar-refractivity contribution in [2.45, 2.75) is 65.0 Å². The molecule has 0 spiro atoms. The molecule has 0 saturated heterocycles. The summed E-state index contributed by atoms with van der Waals surface area (Å²) < 4.78 is 7.59. The third kappa shape index (κ3) is 3.90. The van der Waals surface area contributed by atoms with Gasteiger partial charge in [0, 0.05) is 16.5 Å². The molecule has 1 fully saturated rings. The Morgan fingerprint density at radius 2 is 1.90 bits per heavy atom. The minimum Gasteiger partial charge on any atom is -0.373 e. The van der Waals surface area contributed by atoms with Crippen LogP contribution in [0.5, 0.6) is 0 Å². The standard InChI is InChI=1S/C17H28BrNOS/c1-5-19-15(13-11-21-12-14(13)18)17(20-6-2)9-7-16(3,4)8-10-17/h11-12,15,19H,5-10H2,1-4H3. The van der Waals surface area contributed by atoms with E-state index in [-0.39, 0.29) is 11.6 Å². The minimum absolute atomic E-state index is 0.0656. The fourth-order valence-electron chi connectivity index (χ4n) is 3.43. The first-order chi connectivity index (χ1) is 9.94. The molecule has 0 aliphatic heterocycles. The lowest BCUT2D eigenvalue weighted by Crippen LogP contribution is -2.49. The Hall–Kier alpha value is 0.1000. The lowest BCUT2D eigenvalue weighted by atomic mass is 9.67. The Kier molecular flexibility index (Phi) is 5.91. The summed E-state index contributed by atoms with van der Waals surface area (Å²) in [4.78, 5) is 0. The van der Waals surface area contributed by atoms with Crippen LogP contribution in [0.25, 0.3) is 0 Å². The van der Waals surface area contributed by atoms with E-state index in [2.05, 4.69) is 59.7 Å². The van der Waals surface area contributed by atoms with Crippen molar-refractivity contribution in [3.05, 3.63) is 20.8 Å². The molecule has 0 aromatic carbocycles. The number of hydrogen-bond donors (Lipinski definition) is 1. The summed E-state index contributed by atoms with van der Waals surface area (Å²) in [6.07, 6.45) is 4.73. The minimum atomic E-state index is -0.0656. The maximum Gasteiger partial charge on any atom is 0.0877 e. The Morgan fingerprint density at radius 1 is 1.24 bits per heavy atom. The zero-order valence-corrected chi connectivity index (χ0v) is 16.1. The summed E-state index contributed by atoms with van der Waals surface area (Å²) in [7, 11) is 0. The second-order valence-corrected chi connectivity index (χ2v) is 8.43. The summed E-state index contributed by atoms with van der Waals surface area (Å²) in [6.45, 7) is 10.8. The summed E-state index contributed by atoms with van der Waals surface area (Å²) in [5, 5.41) is 8.13. The second-order valence-electron chi connectivity index (χ2n) is 6.83. The van der Waals surface area contributed by atoms with E-state index in [0.717, 1.165) is 26.0 Å². The second kappa shape index (κ2) is 7.12. The predicted octanol–water partition coefficient (Wildman–Crippen LogP) is 5.54. The van der Waals surface area contributed by atoms with Crippen LogP contribution >= 0.6 is 27.3 Å². The van der Waals surface area contributed by atoms with Crippen molar-refractivity contribution in [3.63, 3.8) is 0 Å². The molecule has 1 heterocycles. The van der Waals surface area contributed by atoms with Crippen molar-refractivity contribution in [2.75, 3.05) is 13.2 Å². The third-order valence-electron chi connectivity index (χ3n) is 4.77. The molecule has 1 saturated carbocycles. The first kappa shape index (κ1) is 17.5. The fraction of sp³-hybridized carbons (Fsp3) is 0.765. The van der Waals surface area contributed by atoms with Crippen LogP contribution in [-0.4, -0.2) is 18.8 Å². The van der Waals surface area contributed by atoms with Gasteiger partial charge < -0.3 is 10.1 Å². The van der Waals surface area contributed by atoms with E-state index in [1.54, 1.807) is 11.3 Å².